The number of hydrogen-bond acceptors (Lipinski definition) is 6. The highest BCUT2D eigenvalue weighted by Crippen LogP contribution is 2.34. The minimum atomic E-state index is -0.957. The molecule has 0 spiro atoms. The van der Waals surface area contributed by atoms with E-state index in [1.54, 1.807) is 60.7 Å². The van der Waals surface area contributed by atoms with Crippen molar-refractivity contribution >= 4 is 17.9 Å². The topological polar surface area (TPSA) is 99.1 Å². The standard InChI is InChI=1S/C39H34O7/c1-25-14-17-34(21-35(25)36-26(2)18-32(37(40)41)19-27(36)3)44-22-28-15-16-31(23-45-38(42)29-10-6-4-7-11-29)33(20-28)24-46-39(43)30-12-8-5-9-13-30/h4-21H,22-24H2,1-3H3,(H,40,41). The summed E-state index contributed by atoms with van der Waals surface area (Å²) in [7, 11) is 0. The number of aryl methyl sites for hydroxylation is 3. The zero-order valence-electron chi connectivity index (χ0n) is 25.9. The van der Waals surface area contributed by atoms with Gasteiger partial charge in [-0.05, 0) is 120 Å². The lowest BCUT2D eigenvalue weighted by molar-refractivity contribution is 0.0435. The van der Waals surface area contributed by atoms with Crippen molar-refractivity contribution in [3.8, 4) is 16.9 Å². The molecule has 0 saturated carbocycles. The van der Waals surface area contributed by atoms with Gasteiger partial charge in [-0.3, -0.25) is 0 Å². The van der Waals surface area contributed by atoms with Crippen LogP contribution in [0.1, 0.15) is 64.5 Å². The highest BCUT2D eigenvalue weighted by atomic mass is 16.5. The maximum absolute atomic E-state index is 12.7. The molecule has 7 heteroatoms. The van der Waals surface area contributed by atoms with Gasteiger partial charge < -0.3 is 19.3 Å². The zero-order chi connectivity index (χ0) is 32.6. The number of carbonyl (C=O) groups excluding carboxylic acids is 2. The minimum Gasteiger partial charge on any atom is -0.489 e. The molecule has 0 saturated heterocycles. The van der Waals surface area contributed by atoms with Crippen LogP contribution >= 0.6 is 0 Å². The van der Waals surface area contributed by atoms with E-state index in [-0.39, 0.29) is 25.4 Å². The number of carbonyl (C=O) groups is 3. The largest absolute Gasteiger partial charge is 0.489 e. The molecule has 0 amide bonds. The van der Waals surface area contributed by atoms with Crippen LogP contribution in [0, 0.1) is 20.8 Å². The van der Waals surface area contributed by atoms with Crippen molar-refractivity contribution in [2.75, 3.05) is 0 Å². The lowest BCUT2D eigenvalue weighted by Crippen LogP contribution is -2.10. The molecule has 0 heterocycles. The number of aromatic carboxylic acids is 1. The first-order chi connectivity index (χ1) is 22.2. The van der Waals surface area contributed by atoms with Crippen molar-refractivity contribution in [2.24, 2.45) is 0 Å². The first kappa shape index (κ1) is 31.7. The summed E-state index contributed by atoms with van der Waals surface area (Å²) in [6, 6.07) is 32.3. The van der Waals surface area contributed by atoms with Crippen LogP contribution in [0.15, 0.2) is 109 Å². The maximum atomic E-state index is 12.7. The van der Waals surface area contributed by atoms with Crippen LogP contribution in [-0.2, 0) is 29.3 Å². The molecule has 5 aromatic carbocycles. The molecule has 0 radical (unpaired) electrons. The lowest BCUT2D eigenvalue weighted by atomic mass is 9.91. The molecule has 0 atom stereocenters. The Labute approximate surface area is 268 Å². The summed E-state index contributed by atoms with van der Waals surface area (Å²) in [5.41, 5.74) is 8.12. The van der Waals surface area contributed by atoms with Gasteiger partial charge in [0.15, 0.2) is 0 Å². The van der Waals surface area contributed by atoms with Gasteiger partial charge in [-0.25, -0.2) is 14.4 Å². The fourth-order valence-electron chi connectivity index (χ4n) is 5.28. The molecule has 0 aromatic heterocycles. The summed E-state index contributed by atoms with van der Waals surface area (Å²) in [5.74, 6) is -1.21. The molecule has 0 bridgehead atoms. The smallest absolute Gasteiger partial charge is 0.338 e. The SMILES string of the molecule is Cc1ccc(OCc2ccc(COC(=O)c3ccccc3)c(COC(=O)c3ccccc3)c2)cc1-c1c(C)cc(C(=O)O)cc1C. The Morgan fingerprint density at radius 1 is 0.565 bits per heavy atom. The molecule has 0 unspecified atom stereocenters. The molecule has 0 aliphatic rings. The fourth-order valence-corrected chi connectivity index (χ4v) is 5.28. The third-order valence-corrected chi connectivity index (χ3v) is 7.67. The van der Waals surface area contributed by atoms with E-state index in [4.69, 9.17) is 14.2 Å². The van der Waals surface area contributed by atoms with E-state index in [1.807, 2.05) is 69.3 Å². The molecular formula is C39H34O7. The van der Waals surface area contributed by atoms with Gasteiger partial charge >= 0.3 is 17.9 Å². The Morgan fingerprint density at radius 2 is 1.13 bits per heavy atom. The van der Waals surface area contributed by atoms with Gasteiger partial charge in [0.05, 0.1) is 16.7 Å². The molecule has 0 fully saturated rings. The summed E-state index contributed by atoms with van der Waals surface area (Å²) in [6.07, 6.45) is 0. The van der Waals surface area contributed by atoms with Gasteiger partial charge in [-0.1, -0.05) is 54.6 Å². The molecule has 46 heavy (non-hydrogen) atoms. The van der Waals surface area contributed by atoms with Gasteiger partial charge in [-0.2, -0.15) is 0 Å². The summed E-state index contributed by atoms with van der Waals surface area (Å²) in [4.78, 5) is 36.8. The van der Waals surface area contributed by atoms with Crippen molar-refractivity contribution in [2.45, 2.75) is 40.6 Å². The van der Waals surface area contributed by atoms with Crippen LogP contribution in [0.25, 0.3) is 11.1 Å². The first-order valence-corrected chi connectivity index (χ1v) is 14.8. The number of ether oxygens (including phenoxy) is 3. The van der Waals surface area contributed by atoms with E-state index in [9.17, 15) is 19.5 Å². The average Bonchev–Trinajstić information content (AvgIpc) is 3.07. The lowest BCUT2D eigenvalue weighted by Gasteiger charge is -2.16. The fraction of sp³-hybridized carbons (Fsp3) is 0.154. The molecule has 232 valence electrons. The maximum Gasteiger partial charge on any atom is 0.338 e. The molecular weight excluding hydrogens is 580 g/mol. The molecule has 7 nitrogen and oxygen atoms in total. The van der Waals surface area contributed by atoms with E-state index >= 15 is 0 Å². The van der Waals surface area contributed by atoms with Crippen LogP contribution in [0.2, 0.25) is 0 Å². The Hall–Kier alpha value is -5.69. The number of carboxylic acids is 1. The molecule has 0 aliphatic heterocycles. The predicted octanol–water partition coefficient (Wildman–Crippen LogP) is 8.27. The Balaban J connectivity index is 1.35. The van der Waals surface area contributed by atoms with Crippen LogP contribution in [-0.4, -0.2) is 23.0 Å². The molecule has 1 N–H and O–H groups in total. The van der Waals surface area contributed by atoms with Crippen molar-refractivity contribution in [3.63, 3.8) is 0 Å². The van der Waals surface area contributed by atoms with Crippen molar-refractivity contribution in [3.05, 3.63) is 159 Å². The Morgan fingerprint density at radius 3 is 1.70 bits per heavy atom. The van der Waals surface area contributed by atoms with Gasteiger partial charge in [0, 0.05) is 0 Å². The molecule has 5 rings (SSSR count). The summed E-state index contributed by atoms with van der Waals surface area (Å²) in [6.45, 7) is 6.06. The number of rotatable bonds is 11. The highest BCUT2D eigenvalue weighted by Gasteiger charge is 2.16. The minimum absolute atomic E-state index is 0.00772. The number of benzene rings is 5. The van der Waals surface area contributed by atoms with E-state index in [1.165, 1.54) is 0 Å². The predicted molar refractivity (Wildman–Crippen MR) is 175 cm³/mol. The summed E-state index contributed by atoms with van der Waals surface area (Å²) in [5, 5.41) is 9.46. The van der Waals surface area contributed by atoms with Crippen LogP contribution in [0.3, 0.4) is 0 Å². The van der Waals surface area contributed by atoms with E-state index in [0.29, 0.717) is 28.0 Å². The second kappa shape index (κ2) is 14.4. The zero-order valence-corrected chi connectivity index (χ0v) is 25.9. The average molecular weight is 615 g/mol. The van der Waals surface area contributed by atoms with Crippen molar-refractivity contribution in [1.29, 1.82) is 0 Å². The van der Waals surface area contributed by atoms with E-state index < -0.39 is 17.9 Å². The van der Waals surface area contributed by atoms with Crippen LogP contribution in [0.5, 0.6) is 5.75 Å². The van der Waals surface area contributed by atoms with Gasteiger partial charge in [0.2, 0.25) is 0 Å². The quantitative estimate of drug-likeness (QED) is 0.150. The number of esters is 2. The van der Waals surface area contributed by atoms with Crippen molar-refractivity contribution < 1.29 is 33.7 Å². The second-order valence-corrected chi connectivity index (χ2v) is 11.0. The highest BCUT2D eigenvalue weighted by molar-refractivity contribution is 5.91. The van der Waals surface area contributed by atoms with Gasteiger partial charge in [0.25, 0.3) is 0 Å². The summed E-state index contributed by atoms with van der Waals surface area (Å²) < 4.78 is 17.4. The van der Waals surface area contributed by atoms with Crippen molar-refractivity contribution in [1.82, 2.24) is 0 Å². The Bertz CT molecular complexity index is 1860. The monoisotopic (exact) mass is 614 g/mol. The Kier molecular flexibility index (Phi) is 9.93. The van der Waals surface area contributed by atoms with Crippen LogP contribution < -0.4 is 4.74 Å². The second-order valence-electron chi connectivity index (χ2n) is 11.0. The third-order valence-electron chi connectivity index (χ3n) is 7.67. The molecule has 5 aromatic rings. The van der Waals surface area contributed by atoms with Gasteiger partial charge in [0.1, 0.15) is 25.6 Å². The third kappa shape index (κ3) is 7.68. The van der Waals surface area contributed by atoms with E-state index in [0.717, 1.165) is 33.4 Å². The number of carboxylic acid groups (broad SMARTS) is 1. The summed E-state index contributed by atoms with van der Waals surface area (Å²) >= 11 is 0. The van der Waals surface area contributed by atoms with E-state index in [2.05, 4.69) is 0 Å². The first-order valence-electron chi connectivity index (χ1n) is 14.8. The number of hydrogen-bond donors (Lipinski definition) is 1. The molecule has 0 aliphatic carbocycles. The normalized spacial score (nSPS) is 10.7. The van der Waals surface area contributed by atoms with Crippen LogP contribution in [0.4, 0.5) is 0 Å². The van der Waals surface area contributed by atoms with Gasteiger partial charge in [-0.15, -0.1) is 0 Å².